The number of aromatic nitrogens is 1. The van der Waals surface area contributed by atoms with Gasteiger partial charge in [0.25, 0.3) is 5.91 Å². The van der Waals surface area contributed by atoms with Crippen molar-refractivity contribution >= 4 is 46.8 Å². The summed E-state index contributed by atoms with van der Waals surface area (Å²) < 4.78 is 5.29. The van der Waals surface area contributed by atoms with Crippen molar-refractivity contribution in [1.29, 1.82) is 0 Å². The molecule has 0 atom stereocenters. The van der Waals surface area contributed by atoms with E-state index in [4.69, 9.17) is 27.9 Å². The van der Waals surface area contributed by atoms with Gasteiger partial charge in [-0.1, -0.05) is 18.6 Å². The number of amides is 1. The molecule has 8 heteroatoms. The first-order valence-corrected chi connectivity index (χ1v) is 13.7. The maximum atomic E-state index is 13.1. The number of hydrogen-bond donors (Lipinski definition) is 0. The van der Waals surface area contributed by atoms with Gasteiger partial charge in [0, 0.05) is 67.7 Å². The van der Waals surface area contributed by atoms with Crippen molar-refractivity contribution in [3.05, 3.63) is 66.0 Å². The molecule has 36 heavy (non-hydrogen) atoms. The number of likely N-dealkylation sites (tertiary alicyclic amines) is 1. The number of carbonyl (C=O) groups excluding carboxylic acids is 2. The number of alkyl halides is 2. The van der Waals surface area contributed by atoms with E-state index in [-0.39, 0.29) is 11.9 Å². The Labute approximate surface area is 224 Å². The maximum Gasteiger partial charge on any atom is 0.330 e. The number of ether oxygens (including phenoxy) is 1. The van der Waals surface area contributed by atoms with E-state index >= 15 is 0 Å². The summed E-state index contributed by atoms with van der Waals surface area (Å²) in [5.41, 5.74) is 2.55. The van der Waals surface area contributed by atoms with Gasteiger partial charge in [-0.05, 0) is 67.5 Å². The van der Waals surface area contributed by atoms with Crippen LogP contribution in [-0.2, 0) is 9.53 Å². The van der Waals surface area contributed by atoms with Crippen LogP contribution in [0.3, 0.4) is 0 Å². The predicted molar refractivity (Wildman–Crippen MR) is 147 cm³/mol. The van der Waals surface area contributed by atoms with Crippen LogP contribution in [0.15, 0.2) is 54.9 Å². The number of nitrogens with zero attached hydrogens (tertiary/aromatic N) is 3. The first kappa shape index (κ1) is 28.0. The minimum Gasteiger partial charge on any atom is -0.463 e. The quantitative estimate of drug-likeness (QED) is 0.145. The lowest BCUT2D eigenvalue weighted by Gasteiger charge is -2.32. The third kappa shape index (κ3) is 9.14. The van der Waals surface area contributed by atoms with Crippen molar-refractivity contribution in [1.82, 2.24) is 9.88 Å². The molecule has 3 rings (SSSR count). The molecule has 2 aromatic rings. The van der Waals surface area contributed by atoms with Crippen LogP contribution >= 0.6 is 23.2 Å². The molecule has 1 saturated heterocycles. The number of benzene rings is 1. The molecule has 0 unspecified atom stereocenters. The molecule has 1 aromatic heterocycles. The molecule has 0 saturated carbocycles. The Morgan fingerprint density at radius 1 is 1.08 bits per heavy atom. The van der Waals surface area contributed by atoms with E-state index in [0.717, 1.165) is 56.4 Å². The summed E-state index contributed by atoms with van der Waals surface area (Å²) in [6.07, 6.45) is 11.5. The number of piperidine rings is 1. The molecule has 0 aliphatic carbocycles. The summed E-state index contributed by atoms with van der Waals surface area (Å²) in [7, 11) is 0. The van der Waals surface area contributed by atoms with Gasteiger partial charge in [0.1, 0.15) is 0 Å². The topological polar surface area (TPSA) is 62.7 Å². The summed E-state index contributed by atoms with van der Waals surface area (Å²) in [5.74, 6) is 1.37. The Balaban J connectivity index is 1.35. The Morgan fingerprint density at radius 2 is 1.86 bits per heavy atom. The number of carbonyl (C=O) groups is 2. The first-order valence-electron chi connectivity index (χ1n) is 12.6. The van der Waals surface area contributed by atoms with Crippen LogP contribution in [-0.4, -0.2) is 66.3 Å². The van der Waals surface area contributed by atoms with Crippen LogP contribution < -0.4 is 4.90 Å². The van der Waals surface area contributed by atoms with E-state index in [1.807, 2.05) is 41.3 Å². The summed E-state index contributed by atoms with van der Waals surface area (Å²) in [5, 5.41) is 0. The molecule has 0 bridgehead atoms. The molecule has 1 aromatic carbocycles. The fourth-order valence-corrected chi connectivity index (χ4v) is 4.82. The Morgan fingerprint density at radius 3 is 2.56 bits per heavy atom. The minimum absolute atomic E-state index is 0.0817. The molecular formula is C28H35Cl2N3O3. The third-order valence-corrected chi connectivity index (χ3v) is 6.75. The number of anilines is 1. The van der Waals surface area contributed by atoms with Gasteiger partial charge in [-0.3, -0.25) is 9.78 Å². The molecule has 194 valence electrons. The fourth-order valence-electron chi connectivity index (χ4n) is 4.41. The Hall–Kier alpha value is -2.57. The number of halogens is 2. The minimum atomic E-state index is -0.330. The molecule has 1 fully saturated rings. The zero-order valence-corrected chi connectivity index (χ0v) is 22.2. The summed E-state index contributed by atoms with van der Waals surface area (Å²) >= 11 is 11.9. The molecule has 1 amide bonds. The Kier molecular flexibility index (Phi) is 12.1. The van der Waals surface area contributed by atoms with E-state index in [1.54, 1.807) is 18.5 Å². The number of unbranched alkanes of at least 4 members (excludes halogenated alkanes) is 1. The molecule has 1 aliphatic rings. The van der Waals surface area contributed by atoms with Crippen LogP contribution in [0.1, 0.15) is 48.0 Å². The smallest absolute Gasteiger partial charge is 0.330 e. The highest BCUT2D eigenvalue weighted by atomic mass is 35.5. The molecule has 6 nitrogen and oxygen atoms in total. The summed E-state index contributed by atoms with van der Waals surface area (Å²) in [6, 6.07) is 11.4. The van der Waals surface area contributed by atoms with Gasteiger partial charge < -0.3 is 14.5 Å². The number of esters is 1. The van der Waals surface area contributed by atoms with E-state index in [2.05, 4.69) is 9.88 Å². The van der Waals surface area contributed by atoms with E-state index in [1.165, 1.54) is 6.08 Å². The normalized spacial score (nSPS) is 14.2. The van der Waals surface area contributed by atoms with Gasteiger partial charge >= 0.3 is 5.97 Å². The van der Waals surface area contributed by atoms with Gasteiger partial charge in [0.15, 0.2) is 0 Å². The predicted octanol–water partition coefficient (Wildman–Crippen LogP) is 5.64. The highest BCUT2D eigenvalue weighted by Gasteiger charge is 2.24. The zero-order chi connectivity index (χ0) is 25.6. The third-order valence-electron chi connectivity index (χ3n) is 6.42. The van der Waals surface area contributed by atoms with Crippen molar-refractivity contribution < 1.29 is 14.3 Å². The average molecular weight is 533 g/mol. The lowest BCUT2D eigenvalue weighted by Crippen LogP contribution is -2.38. The van der Waals surface area contributed by atoms with Gasteiger partial charge in [0.2, 0.25) is 0 Å². The van der Waals surface area contributed by atoms with Crippen LogP contribution in [0.2, 0.25) is 0 Å². The zero-order valence-electron chi connectivity index (χ0n) is 20.7. The highest BCUT2D eigenvalue weighted by Crippen LogP contribution is 2.25. The lowest BCUT2D eigenvalue weighted by atomic mass is 9.91. The van der Waals surface area contributed by atoms with E-state index in [0.29, 0.717) is 42.9 Å². The highest BCUT2D eigenvalue weighted by molar-refractivity contribution is 6.18. The molecule has 0 N–H and O–H groups in total. The summed E-state index contributed by atoms with van der Waals surface area (Å²) in [6.45, 7) is 3.36. The fraction of sp³-hybridized carbons (Fsp3) is 0.464. The SMILES string of the molecule is O=C(/C=C/c1cccnc1)OCCCCC1CCN(C(=O)c2cccc(N(CCCl)CCCl)c2)CC1. The molecule has 2 heterocycles. The molecule has 0 spiro atoms. The second kappa shape index (κ2) is 15.5. The first-order chi connectivity index (χ1) is 17.6. The largest absolute Gasteiger partial charge is 0.463 e. The van der Waals surface area contributed by atoms with Gasteiger partial charge in [0.05, 0.1) is 6.61 Å². The number of hydrogen-bond acceptors (Lipinski definition) is 5. The van der Waals surface area contributed by atoms with Gasteiger partial charge in [-0.15, -0.1) is 23.2 Å². The standard InChI is InChI=1S/C28H35Cl2N3O3/c29-13-18-32(19-14-30)26-8-3-7-25(21-26)28(35)33-16-11-23(12-17-33)5-1-2-20-36-27(34)10-9-24-6-4-15-31-22-24/h3-4,6-10,15,21-23H,1-2,5,11-14,16-20H2/b10-9+. The summed E-state index contributed by atoms with van der Waals surface area (Å²) in [4.78, 5) is 33.0. The van der Waals surface area contributed by atoms with Crippen LogP contribution in [0.5, 0.6) is 0 Å². The average Bonchev–Trinajstić information content (AvgIpc) is 2.92. The molecular weight excluding hydrogens is 497 g/mol. The number of rotatable bonds is 13. The second-order valence-corrected chi connectivity index (χ2v) is 9.69. The van der Waals surface area contributed by atoms with Crippen molar-refractivity contribution in [3.8, 4) is 0 Å². The van der Waals surface area contributed by atoms with E-state index < -0.39 is 0 Å². The lowest BCUT2D eigenvalue weighted by molar-refractivity contribution is -0.137. The van der Waals surface area contributed by atoms with Crippen LogP contribution in [0, 0.1) is 5.92 Å². The van der Waals surface area contributed by atoms with Crippen molar-refractivity contribution in [2.75, 3.05) is 49.4 Å². The number of pyridine rings is 1. The second-order valence-electron chi connectivity index (χ2n) is 8.93. The molecule has 1 aliphatic heterocycles. The van der Waals surface area contributed by atoms with Crippen molar-refractivity contribution in [2.45, 2.75) is 32.1 Å². The van der Waals surface area contributed by atoms with Crippen molar-refractivity contribution in [3.63, 3.8) is 0 Å². The van der Waals surface area contributed by atoms with Crippen LogP contribution in [0.4, 0.5) is 5.69 Å². The Bertz CT molecular complexity index is 973. The van der Waals surface area contributed by atoms with Crippen LogP contribution in [0.25, 0.3) is 6.08 Å². The molecule has 0 radical (unpaired) electrons. The maximum absolute atomic E-state index is 13.1. The van der Waals surface area contributed by atoms with Crippen molar-refractivity contribution in [2.24, 2.45) is 5.92 Å². The van der Waals surface area contributed by atoms with Gasteiger partial charge in [-0.2, -0.15) is 0 Å². The van der Waals surface area contributed by atoms with E-state index in [9.17, 15) is 9.59 Å². The van der Waals surface area contributed by atoms with Gasteiger partial charge in [-0.25, -0.2) is 4.79 Å². The monoisotopic (exact) mass is 531 g/mol.